The van der Waals surface area contributed by atoms with Crippen molar-refractivity contribution in [2.24, 2.45) is 5.92 Å². The Labute approximate surface area is 264 Å². The molecule has 0 fully saturated rings. The first kappa shape index (κ1) is 35.4. The number of ether oxygens (including phenoxy) is 3. The highest BCUT2D eigenvalue weighted by atomic mass is 16.6. The molecule has 7 nitrogen and oxygen atoms in total. The number of hydrogen-bond donors (Lipinski definition) is 0. The van der Waals surface area contributed by atoms with E-state index in [1.54, 1.807) is 12.1 Å². The van der Waals surface area contributed by atoms with E-state index in [9.17, 15) is 14.4 Å². The van der Waals surface area contributed by atoms with E-state index in [4.69, 9.17) is 18.6 Å². The Bertz CT molecular complexity index is 1170. The van der Waals surface area contributed by atoms with Gasteiger partial charge in [0, 0.05) is 12.8 Å². The monoisotopic (exact) mass is 610 g/mol. The van der Waals surface area contributed by atoms with Gasteiger partial charge in [-0.15, -0.1) is 0 Å². The van der Waals surface area contributed by atoms with Crippen molar-refractivity contribution in [1.82, 2.24) is 0 Å². The van der Waals surface area contributed by atoms with E-state index in [1.807, 2.05) is 13.8 Å². The van der Waals surface area contributed by atoms with Crippen LogP contribution in [-0.4, -0.2) is 37.2 Å². The molecule has 0 spiro atoms. The summed E-state index contributed by atoms with van der Waals surface area (Å²) in [5.74, 6) is -1.12. The number of furan rings is 1. The van der Waals surface area contributed by atoms with Crippen LogP contribution in [0, 0.1) is 5.92 Å². The normalized spacial score (nSPS) is 21.2. The van der Waals surface area contributed by atoms with Crippen molar-refractivity contribution in [2.45, 2.75) is 142 Å². The fourth-order valence-electron chi connectivity index (χ4n) is 6.28. The quantitative estimate of drug-likeness (QED) is 0.0708. The highest BCUT2D eigenvalue weighted by molar-refractivity contribution is 5.93. The second-order valence-corrected chi connectivity index (χ2v) is 12.7. The Kier molecular flexibility index (Phi) is 14.5. The summed E-state index contributed by atoms with van der Waals surface area (Å²) in [6, 6.07) is 1.66. The van der Waals surface area contributed by atoms with Gasteiger partial charge in [0.05, 0.1) is 18.6 Å². The van der Waals surface area contributed by atoms with Crippen molar-refractivity contribution in [3.05, 3.63) is 59.1 Å². The number of unbranched alkanes of at least 4 members (excludes halogenated alkanes) is 12. The van der Waals surface area contributed by atoms with Gasteiger partial charge in [-0.1, -0.05) is 108 Å². The van der Waals surface area contributed by atoms with Crippen molar-refractivity contribution in [3.63, 3.8) is 0 Å². The average Bonchev–Trinajstić information content (AvgIpc) is 3.56. The third kappa shape index (κ3) is 10.2. The first-order chi connectivity index (χ1) is 21.2. The summed E-state index contributed by atoms with van der Waals surface area (Å²) in [6.07, 6.45) is 17.2. The summed E-state index contributed by atoms with van der Waals surface area (Å²) >= 11 is 0. The minimum Gasteiger partial charge on any atom is -0.465 e. The van der Waals surface area contributed by atoms with Gasteiger partial charge in [-0.3, -0.25) is 4.79 Å². The lowest BCUT2D eigenvalue weighted by atomic mass is 9.86. The molecule has 4 atom stereocenters. The molecule has 0 amide bonds. The maximum Gasteiger partial charge on any atom is 0.341 e. The first-order valence-electron chi connectivity index (χ1n) is 16.8. The molecule has 3 rings (SSSR count). The minimum atomic E-state index is -0.790. The second-order valence-electron chi connectivity index (χ2n) is 12.7. The predicted octanol–water partition coefficient (Wildman–Crippen LogP) is 9.11. The van der Waals surface area contributed by atoms with Crippen LogP contribution >= 0.6 is 0 Å². The zero-order valence-electron chi connectivity index (χ0n) is 27.5. The van der Waals surface area contributed by atoms with Crippen LogP contribution in [0.3, 0.4) is 0 Å². The number of carbonyl (C=O) groups excluding carboxylic acids is 3. The third-order valence-electron chi connectivity index (χ3n) is 8.95. The molecule has 1 unspecified atom stereocenters. The van der Waals surface area contributed by atoms with Crippen LogP contribution in [0.1, 0.15) is 145 Å². The van der Waals surface area contributed by atoms with E-state index >= 15 is 0 Å². The Hall–Kier alpha value is -3.09. The molecule has 1 aromatic heterocycles. The maximum atomic E-state index is 13.1. The SMILES string of the molecule is C=C(C)[C@H]1Cc2oc(cc2C(=O)OC)[C@H](C(=C)C)[C@H]2C=C(C(=O)O2)C(OC(=O)CCCCCCCCCCCCCCC)C1. The van der Waals surface area contributed by atoms with Crippen LogP contribution in [0.25, 0.3) is 0 Å². The molecule has 0 radical (unpaired) electrons. The van der Waals surface area contributed by atoms with Gasteiger partial charge in [-0.05, 0) is 44.7 Å². The van der Waals surface area contributed by atoms with E-state index in [0.717, 1.165) is 24.8 Å². The number of fused-ring (bicyclic) bond motifs is 3. The van der Waals surface area contributed by atoms with E-state index < -0.39 is 30.1 Å². The molecule has 44 heavy (non-hydrogen) atoms. The van der Waals surface area contributed by atoms with E-state index in [-0.39, 0.29) is 11.9 Å². The number of carbonyl (C=O) groups is 3. The molecule has 3 heterocycles. The molecule has 1 aromatic rings. The molecule has 0 saturated heterocycles. The van der Waals surface area contributed by atoms with Crippen LogP contribution in [0.2, 0.25) is 0 Å². The molecule has 4 bridgehead atoms. The molecule has 0 N–H and O–H groups in total. The fourth-order valence-corrected chi connectivity index (χ4v) is 6.28. The smallest absolute Gasteiger partial charge is 0.341 e. The van der Waals surface area contributed by atoms with Crippen LogP contribution in [0.15, 0.2) is 46.4 Å². The minimum absolute atomic E-state index is 0.222. The molecular weight excluding hydrogens is 556 g/mol. The van der Waals surface area contributed by atoms with E-state index in [2.05, 4.69) is 20.1 Å². The average molecular weight is 611 g/mol. The van der Waals surface area contributed by atoms with E-state index in [1.165, 1.54) is 71.3 Å². The number of rotatable bonds is 18. The van der Waals surface area contributed by atoms with Gasteiger partial charge < -0.3 is 18.6 Å². The van der Waals surface area contributed by atoms with Crippen LogP contribution < -0.4 is 0 Å². The van der Waals surface area contributed by atoms with Crippen molar-refractivity contribution < 1.29 is 33.0 Å². The summed E-state index contributed by atoms with van der Waals surface area (Å²) in [4.78, 5) is 38.8. The molecule has 0 aliphatic carbocycles. The van der Waals surface area contributed by atoms with Crippen molar-refractivity contribution in [1.29, 1.82) is 0 Å². The number of hydrogen-bond acceptors (Lipinski definition) is 7. The molecule has 244 valence electrons. The summed E-state index contributed by atoms with van der Waals surface area (Å²) in [6.45, 7) is 14.2. The van der Waals surface area contributed by atoms with Gasteiger partial charge in [0.2, 0.25) is 0 Å². The number of allylic oxidation sites excluding steroid dienone is 1. The summed E-state index contributed by atoms with van der Waals surface area (Å²) in [7, 11) is 1.33. The Balaban J connectivity index is 1.59. The molecule has 0 saturated carbocycles. The summed E-state index contributed by atoms with van der Waals surface area (Å²) in [5.41, 5.74) is 2.20. The van der Waals surface area contributed by atoms with Crippen molar-refractivity contribution >= 4 is 17.9 Å². The Morgan fingerprint density at radius 2 is 1.50 bits per heavy atom. The zero-order chi connectivity index (χ0) is 32.1. The van der Waals surface area contributed by atoms with Gasteiger partial charge in [-0.25, -0.2) is 9.59 Å². The topological polar surface area (TPSA) is 92.0 Å². The summed E-state index contributed by atoms with van der Waals surface area (Å²) in [5, 5.41) is 0. The van der Waals surface area contributed by atoms with Crippen LogP contribution in [0.5, 0.6) is 0 Å². The first-order valence-corrected chi connectivity index (χ1v) is 16.8. The number of methoxy groups -OCH3 is 1. The lowest BCUT2D eigenvalue weighted by molar-refractivity contribution is -0.150. The molecule has 2 aliphatic heterocycles. The highest BCUT2D eigenvalue weighted by Crippen LogP contribution is 2.40. The van der Waals surface area contributed by atoms with Crippen molar-refractivity contribution in [2.75, 3.05) is 7.11 Å². The van der Waals surface area contributed by atoms with Gasteiger partial charge in [-0.2, -0.15) is 0 Å². The van der Waals surface area contributed by atoms with Gasteiger partial charge in [0.25, 0.3) is 0 Å². The summed E-state index contributed by atoms with van der Waals surface area (Å²) < 4.78 is 23.0. The standard InChI is InChI=1S/C37H54O7/c1-7-8-9-10-11-12-13-14-15-16-17-18-19-20-34(38)43-31-22-27(25(2)3)21-30-28(36(39)41-6)23-32(42-30)35(26(4)5)33-24-29(31)37(40)44-33/h23-24,27,31,33,35H,2,4,7-22H2,1,3,5-6H3/t27-,31?,33+,35-/m0/s1. The lowest BCUT2D eigenvalue weighted by Gasteiger charge is -2.24. The Morgan fingerprint density at radius 1 is 0.909 bits per heavy atom. The van der Waals surface area contributed by atoms with Crippen LogP contribution in [0.4, 0.5) is 0 Å². The lowest BCUT2D eigenvalue weighted by Crippen LogP contribution is -2.27. The molecular formula is C37H54O7. The molecule has 0 aromatic carbocycles. The zero-order valence-corrected chi connectivity index (χ0v) is 27.5. The predicted molar refractivity (Wildman–Crippen MR) is 172 cm³/mol. The highest BCUT2D eigenvalue weighted by Gasteiger charge is 2.41. The van der Waals surface area contributed by atoms with Gasteiger partial charge in [0.1, 0.15) is 29.3 Å². The van der Waals surface area contributed by atoms with Crippen molar-refractivity contribution in [3.8, 4) is 0 Å². The van der Waals surface area contributed by atoms with E-state index in [0.29, 0.717) is 47.5 Å². The second kappa shape index (κ2) is 18.0. The number of esters is 3. The van der Waals surface area contributed by atoms with Gasteiger partial charge in [0.15, 0.2) is 0 Å². The third-order valence-corrected chi connectivity index (χ3v) is 8.95. The fraction of sp³-hybridized carbons (Fsp3) is 0.649. The van der Waals surface area contributed by atoms with Crippen LogP contribution in [-0.2, 0) is 30.2 Å². The van der Waals surface area contributed by atoms with Gasteiger partial charge >= 0.3 is 17.9 Å². The largest absolute Gasteiger partial charge is 0.465 e. The Morgan fingerprint density at radius 3 is 2.05 bits per heavy atom. The molecule has 7 heteroatoms. The maximum absolute atomic E-state index is 13.1. The molecule has 2 aliphatic rings.